The lowest BCUT2D eigenvalue weighted by molar-refractivity contribution is -0.571. The molecule has 13 rings (SSSR count). The van der Waals surface area contributed by atoms with Crippen LogP contribution in [0.4, 0.5) is 0 Å². The van der Waals surface area contributed by atoms with Gasteiger partial charge in [-0.2, -0.15) is 0 Å². The van der Waals surface area contributed by atoms with Gasteiger partial charge < -0.3 is 13.9 Å². The van der Waals surface area contributed by atoms with Gasteiger partial charge >= 0.3 is 0 Å². The quantitative estimate of drug-likeness (QED) is 0.119. The maximum atomic E-state index is 6.62. The van der Waals surface area contributed by atoms with Crippen LogP contribution in [0.1, 0.15) is 0 Å². The summed E-state index contributed by atoms with van der Waals surface area (Å²) < 4.78 is 15.9. The van der Waals surface area contributed by atoms with Gasteiger partial charge in [0.15, 0.2) is 0 Å². The molecule has 300 valence electrons. The van der Waals surface area contributed by atoms with Gasteiger partial charge in [-0.15, -0.1) is 0 Å². The minimum atomic E-state index is 0.718. The van der Waals surface area contributed by atoms with Crippen molar-refractivity contribution in [2.45, 2.75) is 0 Å². The lowest BCUT2D eigenvalue weighted by atomic mass is 10.1. The molecule has 0 radical (unpaired) electrons. The van der Waals surface area contributed by atoms with Crippen LogP contribution < -0.4 is 9.30 Å². The van der Waals surface area contributed by atoms with Crippen LogP contribution in [0.3, 0.4) is 0 Å². The Hall–Kier alpha value is -8.74. The van der Waals surface area contributed by atoms with E-state index >= 15 is 0 Å². The highest BCUT2D eigenvalue weighted by Gasteiger charge is 2.24. The van der Waals surface area contributed by atoms with Crippen molar-refractivity contribution in [2.75, 3.05) is 0 Å². The molecule has 0 amide bonds. The molecule has 0 aliphatic heterocycles. The molecule has 9 aromatic carbocycles. The average molecular weight is 820 g/mol. The number of hydrogen-bond donors (Lipinski definition) is 0. The van der Waals surface area contributed by atoms with Gasteiger partial charge in [0, 0.05) is 32.5 Å². The lowest BCUT2D eigenvalue weighted by Gasteiger charge is -2.20. The molecule has 0 bridgehead atoms. The molecule has 4 heterocycles. The van der Waals surface area contributed by atoms with Crippen LogP contribution in [-0.4, -0.2) is 18.7 Å². The third-order valence-corrected chi connectivity index (χ3v) is 12.5. The van der Waals surface area contributed by atoms with Crippen molar-refractivity contribution < 1.29 is 9.30 Å². The predicted molar refractivity (Wildman–Crippen MR) is 260 cm³/mol. The zero-order chi connectivity index (χ0) is 42.1. The average Bonchev–Trinajstić information content (AvgIpc) is 4.02. The Morgan fingerprint density at radius 1 is 0.422 bits per heavy atom. The van der Waals surface area contributed by atoms with Crippen molar-refractivity contribution in [2.24, 2.45) is 0 Å². The highest BCUT2D eigenvalue weighted by Crippen LogP contribution is 2.39. The Balaban J connectivity index is 1.01. The van der Waals surface area contributed by atoms with E-state index in [1.165, 1.54) is 21.5 Å². The minimum Gasteiger partial charge on any atom is -0.458 e. The molecule has 0 spiro atoms. The highest BCUT2D eigenvalue weighted by molar-refractivity contribution is 6.11. The fraction of sp³-hybridized carbons (Fsp3) is 0. The van der Waals surface area contributed by atoms with Gasteiger partial charge in [-0.1, -0.05) is 146 Å². The maximum Gasteiger partial charge on any atom is 0.269 e. The van der Waals surface area contributed by atoms with Crippen molar-refractivity contribution in [1.82, 2.24) is 18.7 Å². The first-order valence-corrected chi connectivity index (χ1v) is 21.6. The topological polar surface area (TPSA) is 40.8 Å². The first-order valence-electron chi connectivity index (χ1n) is 21.6. The maximum absolute atomic E-state index is 6.62. The molecule has 0 unspecified atom stereocenters. The fourth-order valence-corrected chi connectivity index (χ4v) is 9.66. The molecule has 0 atom stereocenters. The Morgan fingerprint density at radius 2 is 0.938 bits per heavy atom. The van der Waals surface area contributed by atoms with E-state index in [0.717, 1.165) is 89.5 Å². The number of ether oxygens (including phenoxy) is 1. The summed E-state index contributed by atoms with van der Waals surface area (Å²) in [6.45, 7) is 0. The van der Waals surface area contributed by atoms with Crippen molar-refractivity contribution >= 4 is 65.5 Å². The summed E-state index contributed by atoms with van der Waals surface area (Å²) in [7, 11) is 0. The van der Waals surface area contributed by atoms with E-state index in [4.69, 9.17) is 9.72 Å². The van der Waals surface area contributed by atoms with Gasteiger partial charge in [-0.05, 0) is 78.9 Å². The molecule has 13 aromatic rings. The fourth-order valence-electron chi connectivity index (χ4n) is 9.66. The molecule has 0 N–H and O–H groups in total. The normalized spacial score (nSPS) is 11.8. The molecule has 6 nitrogen and oxygen atoms in total. The van der Waals surface area contributed by atoms with Crippen LogP contribution in [0.5, 0.6) is 11.5 Å². The van der Waals surface area contributed by atoms with E-state index in [2.05, 4.69) is 207 Å². The predicted octanol–water partition coefficient (Wildman–Crippen LogP) is 13.9. The number of nitrogens with zero attached hydrogens (tertiary/aromatic N) is 5. The van der Waals surface area contributed by atoms with Gasteiger partial charge in [0.2, 0.25) is 0 Å². The number of para-hydroxylation sites is 8. The summed E-state index contributed by atoms with van der Waals surface area (Å²) in [5, 5.41) is 5.94. The van der Waals surface area contributed by atoms with Crippen LogP contribution in [0.25, 0.3) is 99.6 Å². The monoisotopic (exact) mass is 819 g/mol. The molecule has 0 aliphatic carbocycles. The second-order valence-electron chi connectivity index (χ2n) is 16.2. The molecular weight excluding hydrogens is 783 g/mol. The summed E-state index contributed by atoms with van der Waals surface area (Å²) in [6, 6.07) is 78.8. The number of hydrogen-bond acceptors (Lipinski definition) is 2. The summed E-state index contributed by atoms with van der Waals surface area (Å²) in [6.07, 6.45) is 3.90. The Labute approximate surface area is 368 Å². The first-order chi connectivity index (χ1) is 31.7. The molecule has 0 saturated carbocycles. The largest absolute Gasteiger partial charge is 0.458 e. The van der Waals surface area contributed by atoms with Crippen LogP contribution in [0.15, 0.2) is 224 Å². The zero-order valence-corrected chi connectivity index (χ0v) is 34.5. The number of imidazole rings is 1. The number of rotatable bonds is 7. The van der Waals surface area contributed by atoms with Crippen LogP contribution in [0.2, 0.25) is 0 Å². The van der Waals surface area contributed by atoms with Gasteiger partial charge in [0.25, 0.3) is 6.33 Å². The minimum absolute atomic E-state index is 0.718. The molecule has 0 saturated heterocycles. The Kier molecular flexibility index (Phi) is 8.11. The molecular formula is C58H37N5O. The molecule has 6 heteroatoms. The molecule has 0 aliphatic rings. The van der Waals surface area contributed by atoms with Gasteiger partial charge in [0.1, 0.15) is 17.2 Å². The van der Waals surface area contributed by atoms with Gasteiger partial charge in [-0.25, -0.2) is 4.98 Å². The number of benzene rings is 9. The van der Waals surface area contributed by atoms with Crippen LogP contribution in [0, 0.1) is 6.33 Å². The smallest absolute Gasteiger partial charge is 0.269 e. The standard InChI is InChI=1S/C58H37N5O/c1-6-25-48-39(16-1)34-35-49(59-48)40-17-13-19-42(36-40)64-43-20-14-18-41(37-43)60-38-61(55-31-12-11-30-54(55)60)58-56(62-50-26-7-2-21-44(50)45-22-3-8-27-51(45)62)32-15-33-57(58)63-52-28-9-4-23-46(52)47-24-5-10-29-53(47)63/h1-37H. The van der Waals surface area contributed by atoms with Crippen molar-refractivity contribution in [3.63, 3.8) is 0 Å². The van der Waals surface area contributed by atoms with Crippen molar-refractivity contribution in [3.05, 3.63) is 231 Å². The van der Waals surface area contributed by atoms with Crippen molar-refractivity contribution in [1.29, 1.82) is 0 Å². The molecule has 64 heavy (non-hydrogen) atoms. The van der Waals surface area contributed by atoms with E-state index in [1.54, 1.807) is 0 Å². The van der Waals surface area contributed by atoms with E-state index < -0.39 is 0 Å². The number of pyridine rings is 1. The summed E-state index contributed by atoms with van der Waals surface area (Å²) in [5.41, 5.74) is 13.4. The third kappa shape index (κ3) is 5.66. The van der Waals surface area contributed by atoms with Gasteiger partial charge in [-0.3, -0.25) is 9.13 Å². The lowest BCUT2D eigenvalue weighted by Crippen LogP contribution is -2.33. The summed E-state index contributed by atoms with van der Waals surface area (Å²) in [4.78, 5) is 4.94. The number of aromatic nitrogens is 5. The summed E-state index contributed by atoms with van der Waals surface area (Å²) in [5.74, 6) is 1.45. The second kappa shape index (κ2) is 14.4. The summed E-state index contributed by atoms with van der Waals surface area (Å²) >= 11 is 0. The number of fused-ring (bicyclic) bond motifs is 8. The Bertz CT molecular complexity index is 3730. The second-order valence-corrected chi connectivity index (χ2v) is 16.2. The van der Waals surface area contributed by atoms with Crippen LogP contribution in [-0.2, 0) is 0 Å². The molecule has 0 fully saturated rings. The molecule has 4 aromatic heterocycles. The van der Waals surface area contributed by atoms with E-state index in [9.17, 15) is 0 Å². The SMILES string of the molecule is [c-]1n(-c2cccc(Oc3cccc(-c4ccc5ccccc5n4)c3)c2)c2ccccc2[n+]1-c1c(-n2c3ccccc3c3ccccc32)cccc1-n1c2ccccc2c2ccccc21. The van der Waals surface area contributed by atoms with Crippen LogP contribution >= 0.6 is 0 Å². The van der Waals surface area contributed by atoms with Crippen molar-refractivity contribution in [3.8, 4) is 45.5 Å². The van der Waals surface area contributed by atoms with Gasteiger partial charge in [0.05, 0.1) is 61.4 Å². The highest BCUT2D eigenvalue weighted by atomic mass is 16.5. The Morgan fingerprint density at radius 3 is 1.58 bits per heavy atom. The first kappa shape index (κ1) is 36.0. The third-order valence-electron chi connectivity index (χ3n) is 12.5. The van der Waals surface area contributed by atoms with E-state index in [1.807, 2.05) is 42.5 Å². The van der Waals surface area contributed by atoms with E-state index in [0.29, 0.717) is 0 Å². The van der Waals surface area contributed by atoms with E-state index in [-0.39, 0.29) is 0 Å². The zero-order valence-electron chi connectivity index (χ0n) is 34.5.